The Morgan fingerprint density at radius 2 is 2.42 bits per heavy atom. The minimum Gasteiger partial charge on any atom is -0.479 e. The number of benzene rings is 1. The van der Waals surface area contributed by atoms with Gasteiger partial charge in [-0.25, -0.2) is 4.98 Å². The third-order valence-corrected chi connectivity index (χ3v) is 3.62. The SMILES string of the molecule is CC1Oc2ccc(NCc3nccs3)cc2NC1=O. The second kappa shape index (κ2) is 4.89. The number of anilines is 2. The molecule has 0 fully saturated rings. The van der Waals surface area contributed by atoms with E-state index in [2.05, 4.69) is 15.6 Å². The molecule has 98 valence electrons. The smallest absolute Gasteiger partial charge is 0.265 e. The van der Waals surface area contributed by atoms with Crippen molar-refractivity contribution < 1.29 is 9.53 Å². The predicted octanol–water partition coefficient (Wildman–Crippen LogP) is 2.47. The maximum atomic E-state index is 11.5. The van der Waals surface area contributed by atoms with Crippen molar-refractivity contribution in [2.24, 2.45) is 0 Å². The minimum absolute atomic E-state index is 0.121. The fourth-order valence-corrected chi connectivity index (χ4v) is 2.39. The summed E-state index contributed by atoms with van der Waals surface area (Å²) in [6.07, 6.45) is 1.34. The molecule has 6 heteroatoms. The quantitative estimate of drug-likeness (QED) is 0.903. The Kier molecular flexibility index (Phi) is 3.08. The van der Waals surface area contributed by atoms with E-state index >= 15 is 0 Å². The lowest BCUT2D eigenvalue weighted by molar-refractivity contribution is -0.122. The first-order valence-electron chi connectivity index (χ1n) is 5.96. The summed E-state index contributed by atoms with van der Waals surface area (Å²) in [5.41, 5.74) is 1.62. The van der Waals surface area contributed by atoms with Gasteiger partial charge in [-0.05, 0) is 25.1 Å². The fraction of sp³-hybridized carbons (Fsp3) is 0.231. The zero-order valence-corrected chi connectivity index (χ0v) is 11.2. The number of nitrogens with zero attached hydrogens (tertiary/aromatic N) is 1. The Hall–Kier alpha value is -2.08. The van der Waals surface area contributed by atoms with Gasteiger partial charge in [0.2, 0.25) is 0 Å². The van der Waals surface area contributed by atoms with E-state index in [9.17, 15) is 4.79 Å². The van der Waals surface area contributed by atoms with Gasteiger partial charge in [0.1, 0.15) is 10.8 Å². The molecule has 19 heavy (non-hydrogen) atoms. The van der Waals surface area contributed by atoms with Crippen LogP contribution in [0.15, 0.2) is 29.8 Å². The second-order valence-electron chi connectivity index (χ2n) is 4.24. The lowest BCUT2D eigenvalue weighted by atomic mass is 10.2. The van der Waals surface area contributed by atoms with E-state index < -0.39 is 6.10 Å². The van der Waals surface area contributed by atoms with Crippen molar-refractivity contribution >= 4 is 28.6 Å². The van der Waals surface area contributed by atoms with E-state index in [1.807, 2.05) is 23.6 Å². The van der Waals surface area contributed by atoms with Crippen LogP contribution >= 0.6 is 11.3 Å². The molecule has 5 nitrogen and oxygen atoms in total. The van der Waals surface area contributed by atoms with Gasteiger partial charge in [0.15, 0.2) is 6.10 Å². The number of hydrogen-bond donors (Lipinski definition) is 2. The molecule has 0 radical (unpaired) electrons. The lowest BCUT2D eigenvalue weighted by Crippen LogP contribution is -2.34. The standard InChI is InChI=1S/C13H13N3O2S/c1-8-13(17)16-10-6-9(2-3-11(10)18-8)15-7-12-14-4-5-19-12/h2-6,8,15H,7H2,1H3,(H,16,17). The Labute approximate surface area is 114 Å². The molecular formula is C13H13N3O2S. The number of thiazole rings is 1. The van der Waals surface area contributed by atoms with Crippen LogP contribution in [0, 0.1) is 0 Å². The number of rotatable bonds is 3. The average molecular weight is 275 g/mol. The molecule has 0 spiro atoms. The molecule has 2 N–H and O–H groups in total. The topological polar surface area (TPSA) is 63.2 Å². The number of aromatic nitrogens is 1. The van der Waals surface area contributed by atoms with Crippen molar-refractivity contribution in [3.05, 3.63) is 34.8 Å². The molecule has 1 unspecified atom stereocenters. The van der Waals surface area contributed by atoms with Gasteiger partial charge in [-0.2, -0.15) is 0 Å². The Balaban J connectivity index is 1.74. The summed E-state index contributed by atoms with van der Waals surface area (Å²) in [6.45, 7) is 2.40. The Morgan fingerprint density at radius 3 is 3.21 bits per heavy atom. The summed E-state index contributed by atoms with van der Waals surface area (Å²) in [6, 6.07) is 5.65. The number of carbonyl (C=O) groups is 1. The van der Waals surface area contributed by atoms with Gasteiger partial charge in [0.25, 0.3) is 5.91 Å². The summed E-state index contributed by atoms with van der Waals surface area (Å²) >= 11 is 1.60. The van der Waals surface area contributed by atoms with Gasteiger partial charge in [-0.3, -0.25) is 4.79 Å². The molecule has 2 aromatic rings. The maximum Gasteiger partial charge on any atom is 0.265 e. The summed E-state index contributed by atoms with van der Waals surface area (Å²) in [5.74, 6) is 0.580. The third-order valence-electron chi connectivity index (χ3n) is 2.84. The molecule has 1 aromatic carbocycles. The third kappa shape index (κ3) is 2.53. The van der Waals surface area contributed by atoms with Gasteiger partial charge >= 0.3 is 0 Å². The number of fused-ring (bicyclic) bond motifs is 1. The van der Waals surface area contributed by atoms with Crippen molar-refractivity contribution in [1.29, 1.82) is 0 Å². The molecule has 0 saturated heterocycles. The predicted molar refractivity (Wildman–Crippen MR) is 74.6 cm³/mol. The van der Waals surface area contributed by atoms with Gasteiger partial charge in [-0.15, -0.1) is 11.3 Å². The second-order valence-corrected chi connectivity index (χ2v) is 5.22. The highest BCUT2D eigenvalue weighted by atomic mass is 32.1. The monoisotopic (exact) mass is 275 g/mol. The van der Waals surface area contributed by atoms with Crippen molar-refractivity contribution in [3.8, 4) is 5.75 Å². The van der Waals surface area contributed by atoms with Crippen molar-refractivity contribution in [2.45, 2.75) is 19.6 Å². The normalized spacial score (nSPS) is 17.3. The van der Waals surface area contributed by atoms with E-state index in [1.54, 1.807) is 24.5 Å². The maximum absolute atomic E-state index is 11.5. The molecule has 3 rings (SSSR count). The molecule has 0 bridgehead atoms. The van der Waals surface area contributed by atoms with Crippen LogP contribution in [-0.2, 0) is 11.3 Å². The number of carbonyl (C=O) groups excluding carboxylic acids is 1. The summed E-state index contributed by atoms with van der Waals surface area (Å²) < 4.78 is 5.50. The molecule has 1 aliphatic heterocycles. The highest BCUT2D eigenvalue weighted by Crippen LogP contribution is 2.32. The highest BCUT2D eigenvalue weighted by Gasteiger charge is 2.23. The first-order chi connectivity index (χ1) is 9.22. The summed E-state index contributed by atoms with van der Waals surface area (Å²) in [5, 5.41) is 9.05. The van der Waals surface area contributed by atoms with Crippen LogP contribution in [0.5, 0.6) is 5.75 Å². The molecule has 0 aliphatic carbocycles. The van der Waals surface area contributed by atoms with Crippen LogP contribution < -0.4 is 15.4 Å². The molecule has 2 heterocycles. The van der Waals surface area contributed by atoms with E-state index in [0.29, 0.717) is 18.0 Å². The highest BCUT2D eigenvalue weighted by molar-refractivity contribution is 7.09. The molecular weight excluding hydrogens is 262 g/mol. The zero-order valence-electron chi connectivity index (χ0n) is 10.3. The van der Waals surface area contributed by atoms with Gasteiger partial charge < -0.3 is 15.4 Å². The van der Waals surface area contributed by atoms with Crippen LogP contribution in [0.1, 0.15) is 11.9 Å². The number of hydrogen-bond acceptors (Lipinski definition) is 5. The molecule has 1 amide bonds. The molecule has 1 aromatic heterocycles. The fourth-order valence-electron chi connectivity index (χ4n) is 1.84. The van der Waals surface area contributed by atoms with Crippen LogP contribution in [-0.4, -0.2) is 17.0 Å². The van der Waals surface area contributed by atoms with Crippen LogP contribution in [0.4, 0.5) is 11.4 Å². The molecule has 1 aliphatic rings. The van der Waals surface area contributed by atoms with Crippen LogP contribution in [0.2, 0.25) is 0 Å². The van der Waals surface area contributed by atoms with E-state index in [0.717, 1.165) is 10.7 Å². The van der Waals surface area contributed by atoms with Gasteiger partial charge in [0, 0.05) is 17.3 Å². The number of amides is 1. The van der Waals surface area contributed by atoms with Gasteiger partial charge in [-0.1, -0.05) is 0 Å². The number of nitrogens with one attached hydrogen (secondary N) is 2. The van der Waals surface area contributed by atoms with Crippen LogP contribution in [0.25, 0.3) is 0 Å². The Bertz CT molecular complexity index is 598. The molecule has 0 saturated carbocycles. The minimum atomic E-state index is -0.443. The van der Waals surface area contributed by atoms with Crippen molar-refractivity contribution in [1.82, 2.24) is 4.98 Å². The van der Waals surface area contributed by atoms with E-state index in [-0.39, 0.29) is 5.91 Å². The number of ether oxygens (including phenoxy) is 1. The Morgan fingerprint density at radius 1 is 1.53 bits per heavy atom. The average Bonchev–Trinajstić information content (AvgIpc) is 2.91. The van der Waals surface area contributed by atoms with E-state index in [1.165, 1.54) is 0 Å². The first-order valence-corrected chi connectivity index (χ1v) is 6.84. The van der Waals surface area contributed by atoms with Crippen molar-refractivity contribution in [3.63, 3.8) is 0 Å². The lowest BCUT2D eigenvalue weighted by Gasteiger charge is -2.23. The van der Waals surface area contributed by atoms with Gasteiger partial charge in [0.05, 0.1) is 12.2 Å². The van der Waals surface area contributed by atoms with Crippen LogP contribution in [0.3, 0.4) is 0 Å². The zero-order chi connectivity index (χ0) is 13.2. The molecule has 1 atom stereocenters. The van der Waals surface area contributed by atoms with E-state index in [4.69, 9.17) is 4.74 Å². The summed E-state index contributed by atoms with van der Waals surface area (Å²) in [4.78, 5) is 15.8. The largest absolute Gasteiger partial charge is 0.479 e. The summed E-state index contributed by atoms with van der Waals surface area (Å²) in [7, 11) is 0. The van der Waals surface area contributed by atoms with Crippen molar-refractivity contribution in [2.75, 3.05) is 10.6 Å². The first kappa shape index (κ1) is 12.0.